The quantitative estimate of drug-likeness (QED) is 0.878. The van der Waals surface area contributed by atoms with E-state index in [1.165, 1.54) is 19.3 Å². The molecule has 2 aliphatic rings. The highest BCUT2D eigenvalue weighted by Gasteiger charge is 2.36. The van der Waals surface area contributed by atoms with Crippen LogP contribution in [0.2, 0.25) is 0 Å². The zero-order valence-corrected chi connectivity index (χ0v) is 12.3. The number of hydrogen-bond donors (Lipinski definition) is 1. The molecule has 5 heteroatoms. The highest BCUT2D eigenvalue weighted by molar-refractivity contribution is 5.66. The second-order valence-electron chi connectivity index (χ2n) is 5.92. The van der Waals surface area contributed by atoms with Crippen molar-refractivity contribution >= 4 is 11.5 Å². The van der Waals surface area contributed by atoms with Crippen molar-refractivity contribution in [2.45, 2.75) is 51.7 Å². The van der Waals surface area contributed by atoms with E-state index in [1.54, 1.807) is 0 Å². The summed E-state index contributed by atoms with van der Waals surface area (Å²) in [6.07, 6.45) is 3.91. The normalized spacial score (nSPS) is 27.8. The molecule has 0 spiro atoms. The predicted octanol–water partition coefficient (Wildman–Crippen LogP) is 1.47. The second-order valence-corrected chi connectivity index (χ2v) is 5.92. The molecule has 0 aromatic carbocycles. The van der Waals surface area contributed by atoms with E-state index in [1.807, 2.05) is 6.92 Å². The topological polar surface area (TPSA) is 50.3 Å². The number of nitrogens with two attached hydrogens (primary N) is 1. The first-order valence-electron chi connectivity index (χ1n) is 7.41. The fourth-order valence-electron chi connectivity index (χ4n) is 3.64. The molecule has 1 aromatic rings. The largest absolute Gasteiger partial charge is 0.394 e. The molecule has 2 N–H and O–H groups in total. The molecule has 3 rings (SSSR count). The number of nitrogen functional groups attached to an aromatic ring is 1. The second kappa shape index (κ2) is 4.71. The molecule has 5 nitrogen and oxygen atoms in total. The van der Waals surface area contributed by atoms with Crippen molar-refractivity contribution in [1.82, 2.24) is 14.7 Å². The molecular weight excluding hydrogens is 238 g/mol. The van der Waals surface area contributed by atoms with Crippen LogP contribution in [0.5, 0.6) is 0 Å². The number of hydrogen-bond acceptors (Lipinski definition) is 4. The van der Waals surface area contributed by atoms with Crippen molar-refractivity contribution in [3.05, 3.63) is 5.69 Å². The van der Waals surface area contributed by atoms with Crippen molar-refractivity contribution in [2.24, 2.45) is 0 Å². The Balaban J connectivity index is 1.90. The van der Waals surface area contributed by atoms with Crippen molar-refractivity contribution in [1.29, 1.82) is 0 Å². The molecule has 106 valence electrons. The number of nitrogens with zero attached hydrogens (tertiary/aromatic N) is 4. The number of fused-ring (bicyclic) bond motifs is 2. The van der Waals surface area contributed by atoms with Gasteiger partial charge in [-0.05, 0) is 40.2 Å². The first kappa shape index (κ1) is 12.8. The van der Waals surface area contributed by atoms with Crippen molar-refractivity contribution in [3.63, 3.8) is 0 Å². The zero-order valence-electron chi connectivity index (χ0n) is 12.3. The van der Waals surface area contributed by atoms with E-state index in [-0.39, 0.29) is 0 Å². The smallest absolute Gasteiger partial charge is 0.150 e. The van der Waals surface area contributed by atoms with Crippen molar-refractivity contribution in [2.75, 3.05) is 30.8 Å². The number of likely N-dealkylation sites (N-methyl/N-ethyl adjacent to an activating group) is 1. The number of aromatic nitrogens is 2. The molecule has 2 atom stereocenters. The van der Waals surface area contributed by atoms with Crippen LogP contribution >= 0.6 is 0 Å². The highest BCUT2D eigenvalue weighted by atomic mass is 15.4. The summed E-state index contributed by atoms with van der Waals surface area (Å²) in [6.45, 7) is 7.20. The molecule has 2 bridgehead atoms. The van der Waals surface area contributed by atoms with E-state index >= 15 is 0 Å². The summed E-state index contributed by atoms with van der Waals surface area (Å²) in [7, 11) is 2.28. The molecule has 0 amide bonds. The Labute approximate surface area is 115 Å². The lowest BCUT2D eigenvalue weighted by molar-refractivity contribution is 0.254. The summed E-state index contributed by atoms with van der Waals surface area (Å²) in [5.41, 5.74) is 8.08. The Morgan fingerprint density at radius 2 is 2.00 bits per heavy atom. The lowest BCUT2D eigenvalue weighted by atomic mass is 10.1. The number of rotatable bonds is 2. The third-order valence-electron chi connectivity index (χ3n) is 4.89. The fourth-order valence-corrected chi connectivity index (χ4v) is 3.64. The van der Waals surface area contributed by atoms with E-state index < -0.39 is 0 Å². The van der Waals surface area contributed by atoms with E-state index in [0.717, 1.165) is 42.9 Å². The minimum Gasteiger partial charge on any atom is -0.394 e. The van der Waals surface area contributed by atoms with Crippen LogP contribution in [0, 0.1) is 6.92 Å². The van der Waals surface area contributed by atoms with Gasteiger partial charge < -0.3 is 10.6 Å². The van der Waals surface area contributed by atoms with Gasteiger partial charge in [0.25, 0.3) is 0 Å². The predicted molar refractivity (Wildman–Crippen MR) is 78.5 cm³/mol. The van der Waals surface area contributed by atoms with Gasteiger partial charge in [-0.2, -0.15) is 5.10 Å². The lowest BCUT2D eigenvalue weighted by Crippen LogP contribution is -2.37. The molecule has 0 saturated carbocycles. The van der Waals surface area contributed by atoms with Gasteiger partial charge in [-0.25, -0.2) is 4.68 Å². The summed E-state index contributed by atoms with van der Waals surface area (Å²) in [4.78, 5) is 5.02. The van der Waals surface area contributed by atoms with Gasteiger partial charge in [-0.1, -0.05) is 0 Å². The fraction of sp³-hybridized carbons (Fsp3) is 0.786. The van der Waals surface area contributed by atoms with Crippen LogP contribution in [-0.4, -0.2) is 46.9 Å². The van der Waals surface area contributed by atoms with Crippen LogP contribution < -0.4 is 10.6 Å². The van der Waals surface area contributed by atoms with Crippen LogP contribution in [0.15, 0.2) is 0 Å². The third-order valence-corrected chi connectivity index (χ3v) is 4.89. The maximum Gasteiger partial charge on any atom is 0.150 e. The Morgan fingerprint density at radius 1 is 1.26 bits per heavy atom. The Hall–Kier alpha value is -1.23. The molecule has 2 saturated heterocycles. The summed E-state index contributed by atoms with van der Waals surface area (Å²) in [5.74, 6) is 1.14. The summed E-state index contributed by atoms with van der Waals surface area (Å²) in [5, 5.41) is 4.55. The minimum absolute atomic E-state index is 0.674. The van der Waals surface area contributed by atoms with Crippen LogP contribution in [-0.2, 0) is 6.54 Å². The standard InChI is InChI=1S/C14H25N5/c1-4-19-14(13(15)10(2)16-19)18-8-7-11-5-6-12(9-18)17(11)3/h11-12H,4-9,15H2,1-3H3. The molecule has 1 aromatic heterocycles. The Kier molecular flexibility index (Phi) is 3.17. The van der Waals surface area contributed by atoms with Crippen LogP contribution in [0.25, 0.3) is 0 Å². The van der Waals surface area contributed by atoms with Crippen molar-refractivity contribution < 1.29 is 0 Å². The molecule has 19 heavy (non-hydrogen) atoms. The average molecular weight is 263 g/mol. The molecule has 2 aliphatic heterocycles. The van der Waals surface area contributed by atoms with Crippen LogP contribution in [0.3, 0.4) is 0 Å². The maximum absolute atomic E-state index is 6.25. The molecule has 2 unspecified atom stereocenters. The van der Waals surface area contributed by atoms with Gasteiger partial charge in [-0.3, -0.25) is 4.90 Å². The van der Waals surface area contributed by atoms with E-state index in [4.69, 9.17) is 5.73 Å². The van der Waals surface area contributed by atoms with Gasteiger partial charge in [0.15, 0.2) is 5.82 Å². The van der Waals surface area contributed by atoms with E-state index in [0.29, 0.717) is 6.04 Å². The minimum atomic E-state index is 0.674. The molecular formula is C14H25N5. The summed E-state index contributed by atoms with van der Waals surface area (Å²) >= 11 is 0. The van der Waals surface area contributed by atoms with E-state index in [2.05, 4.69) is 33.6 Å². The summed E-state index contributed by atoms with van der Waals surface area (Å²) < 4.78 is 2.06. The molecule has 0 aliphatic carbocycles. The molecule has 3 heterocycles. The van der Waals surface area contributed by atoms with E-state index in [9.17, 15) is 0 Å². The van der Waals surface area contributed by atoms with Crippen LogP contribution in [0.1, 0.15) is 31.9 Å². The van der Waals surface area contributed by atoms with Gasteiger partial charge in [0.1, 0.15) is 0 Å². The lowest BCUT2D eigenvalue weighted by Gasteiger charge is -2.28. The first-order valence-corrected chi connectivity index (χ1v) is 7.41. The summed E-state index contributed by atoms with van der Waals surface area (Å²) in [6, 6.07) is 1.43. The maximum atomic E-state index is 6.25. The SMILES string of the molecule is CCn1nc(C)c(N)c1N1CCC2CCC(C1)N2C. The monoisotopic (exact) mass is 263 g/mol. The number of anilines is 2. The zero-order chi connectivity index (χ0) is 13.6. The number of aryl methyl sites for hydroxylation is 2. The molecule has 2 fully saturated rings. The molecule has 0 radical (unpaired) electrons. The first-order chi connectivity index (χ1) is 9.11. The highest BCUT2D eigenvalue weighted by Crippen LogP contribution is 2.33. The van der Waals surface area contributed by atoms with Gasteiger partial charge >= 0.3 is 0 Å². The van der Waals surface area contributed by atoms with Crippen molar-refractivity contribution in [3.8, 4) is 0 Å². The van der Waals surface area contributed by atoms with Gasteiger partial charge in [0, 0.05) is 31.7 Å². The Bertz CT molecular complexity index is 467. The third kappa shape index (κ3) is 2.00. The van der Waals surface area contributed by atoms with Gasteiger partial charge in [-0.15, -0.1) is 0 Å². The van der Waals surface area contributed by atoms with Crippen LogP contribution in [0.4, 0.5) is 11.5 Å². The average Bonchev–Trinajstić information content (AvgIpc) is 2.79. The Morgan fingerprint density at radius 3 is 2.74 bits per heavy atom. The van der Waals surface area contributed by atoms with Gasteiger partial charge in [0.2, 0.25) is 0 Å². The van der Waals surface area contributed by atoms with Gasteiger partial charge in [0.05, 0.1) is 11.4 Å².